The van der Waals surface area contributed by atoms with Crippen LogP contribution < -0.4 is 10.9 Å². The number of aromatic nitrogens is 4. The highest BCUT2D eigenvalue weighted by molar-refractivity contribution is 5.70. The maximum atomic E-state index is 11.9. The maximum absolute atomic E-state index is 11.9. The summed E-state index contributed by atoms with van der Waals surface area (Å²) < 4.78 is 0.987. The van der Waals surface area contributed by atoms with Crippen LogP contribution in [0.1, 0.15) is 13.2 Å². The van der Waals surface area contributed by atoms with Gasteiger partial charge in [0.1, 0.15) is 0 Å². The number of nitrogens with one attached hydrogen (secondary N) is 2. The molecule has 0 spiro atoms. The minimum Gasteiger partial charge on any atom is -0.369 e. The normalized spacial score (nSPS) is 28.1. The van der Waals surface area contributed by atoms with Gasteiger partial charge in [-0.3, -0.25) is 4.79 Å². The summed E-state index contributed by atoms with van der Waals surface area (Å²) in [6.45, 7) is 1.35. The van der Waals surface area contributed by atoms with E-state index in [9.17, 15) is 15.0 Å². The minimum atomic E-state index is -1.61. The first-order valence-corrected chi connectivity index (χ1v) is 4.65. The van der Waals surface area contributed by atoms with Crippen molar-refractivity contribution < 1.29 is 10.2 Å². The molecular weight excluding hydrogens is 214 g/mol. The fraction of sp³-hybridized carbons (Fsp3) is 0.375. The Hall–Kier alpha value is -1.93. The van der Waals surface area contributed by atoms with Crippen molar-refractivity contribution in [3.05, 3.63) is 16.7 Å². The molecule has 0 aliphatic carbocycles. The van der Waals surface area contributed by atoms with Crippen LogP contribution >= 0.6 is 0 Å². The molecule has 1 aliphatic heterocycles. The van der Waals surface area contributed by atoms with Crippen molar-refractivity contribution >= 4 is 17.1 Å². The lowest BCUT2D eigenvalue weighted by atomic mass is 10.2. The SMILES string of the molecule is C[C@]1(O)Nc2nc3nc[nH]c3c(=O)n2[C@@H]1O. The molecule has 3 rings (SSSR count). The molecule has 8 heteroatoms. The number of imidazole rings is 1. The van der Waals surface area contributed by atoms with Gasteiger partial charge in [0.2, 0.25) is 5.95 Å². The van der Waals surface area contributed by atoms with Gasteiger partial charge in [0, 0.05) is 0 Å². The van der Waals surface area contributed by atoms with E-state index in [-0.39, 0.29) is 17.1 Å². The number of rotatable bonds is 0. The summed E-state index contributed by atoms with van der Waals surface area (Å²) in [6, 6.07) is 0. The van der Waals surface area contributed by atoms with E-state index in [1.807, 2.05) is 0 Å². The van der Waals surface area contributed by atoms with Crippen molar-refractivity contribution in [1.29, 1.82) is 0 Å². The molecule has 8 nitrogen and oxygen atoms in total. The first-order chi connectivity index (χ1) is 7.50. The summed E-state index contributed by atoms with van der Waals surface area (Å²) in [6.07, 6.45) is -0.0329. The van der Waals surface area contributed by atoms with Crippen LogP contribution in [0.4, 0.5) is 5.95 Å². The Balaban J connectivity index is 2.39. The molecule has 3 heterocycles. The second-order valence-corrected chi connectivity index (χ2v) is 3.86. The van der Waals surface area contributed by atoms with E-state index in [4.69, 9.17) is 0 Å². The van der Waals surface area contributed by atoms with Crippen molar-refractivity contribution in [1.82, 2.24) is 19.5 Å². The van der Waals surface area contributed by atoms with Crippen LogP contribution in [-0.4, -0.2) is 35.5 Å². The lowest BCUT2D eigenvalue weighted by molar-refractivity contribution is -0.0675. The highest BCUT2D eigenvalue weighted by Crippen LogP contribution is 2.30. The van der Waals surface area contributed by atoms with Gasteiger partial charge in [-0.2, -0.15) is 4.98 Å². The summed E-state index contributed by atoms with van der Waals surface area (Å²) in [5, 5.41) is 22.1. The zero-order valence-electron chi connectivity index (χ0n) is 8.30. The van der Waals surface area contributed by atoms with Crippen molar-refractivity contribution in [3.8, 4) is 0 Å². The predicted octanol–water partition coefficient (Wildman–Crippen LogP) is -1.26. The van der Waals surface area contributed by atoms with Crippen LogP contribution in [-0.2, 0) is 0 Å². The van der Waals surface area contributed by atoms with Crippen LogP contribution in [0, 0.1) is 0 Å². The van der Waals surface area contributed by atoms with E-state index in [1.165, 1.54) is 13.3 Å². The van der Waals surface area contributed by atoms with Crippen LogP contribution in [0.5, 0.6) is 0 Å². The molecular formula is C8H9N5O3. The minimum absolute atomic E-state index is 0.0992. The van der Waals surface area contributed by atoms with Gasteiger partial charge in [0.15, 0.2) is 23.1 Å². The number of hydrogen-bond acceptors (Lipinski definition) is 6. The molecule has 0 unspecified atom stereocenters. The Labute approximate surface area is 88.6 Å². The lowest BCUT2D eigenvalue weighted by Gasteiger charge is -2.20. The van der Waals surface area contributed by atoms with Gasteiger partial charge < -0.3 is 20.5 Å². The Morgan fingerprint density at radius 1 is 1.62 bits per heavy atom. The molecule has 2 atom stereocenters. The molecule has 84 valence electrons. The monoisotopic (exact) mass is 223 g/mol. The van der Waals surface area contributed by atoms with Crippen LogP contribution in [0.3, 0.4) is 0 Å². The molecule has 0 fully saturated rings. The molecule has 0 aromatic carbocycles. The van der Waals surface area contributed by atoms with Crippen molar-refractivity contribution in [2.24, 2.45) is 0 Å². The first kappa shape index (κ1) is 9.31. The number of aliphatic hydroxyl groups excluding tert-OH is 1. The average Bonchev–Trinajstić information content (AvgIpc) is 2.72. The van der Waals surface area contributed by atoms with E-state index in [2.05, 4.69) is 20.3 Å². The largest absolute Gasteiger partial charge is 0.369 e. The third kappa shape index (κ3) is 0.969. The van der Waals surface area contributed by atoms with Gasteiger partial charge in [-0.1, -0.05) is 0 Å². The zero-order valence-corrected chi connectivity index (χ0v) is 8.30. The van der Waals surface area contributed by atoms with Crippen LogP contribution in [0.15, 0.2) is 11.1 Å². The van der Waals surface area contributed by atoms with E-state index < -0.39 is 17.5 Å². The Kier molecular flexibility index (Phi) is 1.51. The standard InChI is InChI=1S/C8H9N5O3/c1-8(16)6(15)13-5(14)3-4(10-2-9-3)11-7(13)12-8/h2,6,15-16H,1H3,(H,9,10)(H,11,12)/t6-,8-/m1/s1. The number of fused-ring (bicyclic) bond motifs is 2. The topological polar surface area (TPSA) is 116 Å². The Morgan fingerprint density at radius 2 is 2.38 bits per heavy atom. The first-order valence-electron chi connectivity index (χ1n) is 4.65. The molecule has 16 heavy (non-hydrogen) atoms. The molecule has 0 radical (unpaired) electrons. The van der Waals surface area contributed by atoms with Gasteiger partial charge in [-0.25, -0.2) is 9.55 Å². The number of H-pyrrole nitrogens is 1. The van der Waals surface area contributed by atoms with Crippen molar-refractivity contribution in [3.63, 3.8) is 0 Å². The van der Waals surface area contributed by atoms with E-state index in [0.717, 1.165) is 4.57 Å². The van der Waals surface area contributed by atoms with Gasteiger partial charge in [-0.15, -0.1) is 0 Å². The molecule has 2 aromatic rings. The third-order valence-corrected chi connectivity index (χ3v) is 2.60. The fourth-order valence-electron chi connectivity index (χ4n) is 1.76. The summed E-state index contributed by atoms with van der Waals surface area (Å²) in [7, 11) is 0. The summed E-state index contributed by atoms with van der Waals surface area (Å²) >= 11 is 0. The second kappa shape index (κ2) is 2.60. The number of aromatic amines is 1. The number of anilines is 1. The zero-order chi connectivity index (χ0) is 11.5. The van der Waals surface area contributed by atoms with Gasteiger partial charge in [-0.05, 0) is 6.92 Å². The van der Waals surface area contributed by atoms with E-state index in [1.54, 1.807) is 0 Å². The van der Waals surface area contributed by atoms with Gasteiger partial charge in [0.05, 0.1) is 6.33 Å². The molecule has 2 aromatic heterocycles. The molecule has 0 amide bonds. The third-order valence-electron chi connectivity index (χ3n) is 2.60. The van der Waals surface area contributed by atoms with Crippen LogP contribution in [0.25, 0.3) is 11.2 Å². The lowest BCUT2D eigenvalue weighted by Crippen LogP contribution is -2.38. The molecule has 1 aliphatic rings. The summed E-state index contributed by atoms with van der Waals surface area (Å²) in [4.78, 5) is 22.4. The average molecular weight is 223 g/mol. The van der Waals surface area contributed by atoms with Crippen molar-refractivity contribution in [2.45, 2.75) is 18.9 Å². The highest BCUT2D eigenvalue weighted by atomic mass is 16.4. The quantitative estimate of drug-likeness (QED) is 0.443. The van der Waals surface area contributed by atoms with Gasteiger partial charge in [0.25, 0.3) is 5.56 Å². The number of hydrogen-bond donors (Lipinski definition) is 4. The van der Waals surface area contributed by atoms with Crippen LogP contribution in [0.2, 0.25) is 0 Å². The molecule has 0 saturated carbocycles. The van der Waals surface area contributed by atoms with Gasteiger partial charge >= 0.3 is 0 Å². The van der Waals surface area contributed by atoms with E-state index >= 15 is 0 Å². The molecule has 0 bridgehead atoms. The summed E-state index contributed by atoms with van der Waals surface area (Å²) in [5.74, 6) is 0.0992. The highest BCUT2D eigenvalue weighted by Gasteiger charge is 2.41. The number of aliphatic hydroxyl groups is 2. The molecule has 0 saturated heterocycles. The van der Waals surface area contributed by atoms with Crippen molar-refractivity contribution in [2.75, 3.05) is 5.32 Å². The van der Waals surface area contributed by atoms with E-state index in [0.29, 0.717) is 0 Å². The Bertz CT molecular complexity index is 628. The number of nitrogens with zero attached hydrogens (tertiary/aromatic N) is 3. The predicted molar refractivity (Wildman–Crippen MR) is 53.7 cm³/mol. The smallest absolute Gasteiger partial charge is 0.283 e. The second-order valence-electron chi connectivity index (χ2n) is 3.86. The molecule has 4 N–H and O–H groups in total. The fourth-order valence-corrected chi connectivity index (χ4v) is 1.76. The Morgan fingerprint density at radius 3 is 3.12 bits per heavy atom. The maximum Gasteiger partial charge on any atom is 0.283 e. The summed E-state index contributed by atoms with van der Waals surface area (Å²) in [5.41, 5.74) is -1.65.